The predicted octanol–water partition coefficient (Wildman–Crippen LogP) is 5.73. The number of anilines is 1. The van der Waals surface area contributed by atoms with Crippen LogP contribution in [-0.2, 0) is 6.54 Å². The molecule has 5 heteroatoms. The molecule has 0 bridgehead atoms. The highest BCUT2D eigenvalue weighted by atomic mass is 35.5. The maximum Gasteiger partial charge on any atom is 0.123 e. The van der Waals surface area contributed by atoms with Crippen molar-refractivity contribution in [3.05, 3.63) is 69.7 Å². The molecule has 0 unspecified atom stereocenters. The van der Waals surface area contributed by atoms with E-state index in [-0.39, 0.29) is 0 Å². The van der Waals surface area contributed by atoms with Gasteiger partial charge in [-0.3, -0.25) is 0 Å². The van der Waals surface area contributed by atoms with Crippen molar-refractivity contribution in [1.29, 1.82) is 0 Å². The van der Waals surface area contributed by atoms with Crippen LogP contribution in [0.4, 0.5) is 5.69 Å². The zero-order valence-corrected chi connectivity index (χ0v) is 13.3. The Balaban J connectivity index is 1.66. The van der Waals surface area contributed by atoms with Gasteiger partial charge in [-0.05, 0) is 42.0 Å². The van der Waals surface area contributed by atoms with E-state index in [1.807, 2.05) is 41.9 Å². The molecule has 0 saturated heterocycles. The third-order valence-electron chi connectivity index (χ3n) is 3.04. The minimum atomic E-state index is 0.577. The quantitative estimate of drug-likeness (QED) is 0.659. The lowest BCUT2D eigenvalue weighted by atomic mass is 10.2. The Labute approximate surface area is 137 Å². The average Bonchev–Trinajstić information content (AvgIpc) is 3.03. The fraction of sp³-hybridized carbons (Fsp3) is 0.0625. The maximum atomic E-state index is 6.01. The first-order valence-electron chi connectivity index (χ1n) is 6.40. The summed E-state index contributed by atoms with van der Waals surface area (Å²) in [5.74, 6) is 0. The monoisotopic (exact) mass is 334 g/mol. The van der Waals surface area contributed by atoms with E-state index in [2.05, 4.69) is 22.4 Å². The van der Waals surface area contributed by atoms with Crippen molar-refractivity contribution in [1.82, 2.24) is 4.98 Å². The van der Waals surface area contributed by atoms with E-state index >= 15 is 0 Å². The van der Waals surface area contributed by atoms with Gasteiger partial charge in [0.2, 0.25) is 0 Å². The van der Waals surface area contributed by atoms with E-state index in [9.17, 15) is 0 Å². The molecule has 0 saturated carbocycles. The number of hydrogen-bond donors (Lipinski definition) is 1. The summed E-state index contributed by atoms with van der Waals surface area (Å²) >= 11 is 13.6. The molecule has 21 heavy (non-hydrogen) atoms. The van der Waals surface area contributed by atoms with Crippen LogP contribution < -0.4 is 5.32 Å². The third kappa shape index (κ3) is 3.56. The minimum absolute atomic E-state index is 0.577. The Morgan fingerprint density at radius 2 is 1.81 bits per heavy atom. The fourth-order valence-corrected chi connectivity index (χ4v) is 2.92. The number of nitrogens with one attached hydrogen (secondary N) is 1. The van der Waals surface area contributed by atoms with Gasteiger partial charge in [-0.2, -0.15) is 0 Å². The van der Waals surface area contributed by atoms with E-state index in [1.165, 1.54) is 0 Å². The van der Waals surface area contributed by atoms with E-state index < -0.39 is 0 Å². The number of benzene rings is 2. The predicted molar refractivity (Wildman–Crippen MR) is 91.3 cm³/mol. The molecule has 2 aromatic carbocycles. The van der Waals surface area contributed by atoms with E-state index in [0.29, 0.717) is 16.6 Å². The van der Waals surface area contributed by atoms with Crippen LogP contribution in [0, 0.1) is 0 Å². The first-order valence-corrected chi connectivity index (χ1v) is 8.04. The van der Waals surface area contributed by atoms with Gasteiger partial charge in [0.15, 0.2) is 0 Å². The van der Waals surface area contributed by atoms with Crippen LogP contribution in [0.15, 0.2) is 54.0 Å². The number of nitrogens with zero attached hydrogens (tertiary/aromatic N) is 1. The highest BCUT2D eigenvalue weighted by Crippen LogP contribution is 2.25. The van der Waals surface area contributed by atoms with Crippen LogP contribution in [0.3, 0.4) is 0 Å². The number of rotatable bonds is 4. The lowest BCUT2D eigenvalue weighted by Gasteiger charge is -2.08. The molecule has 0 aliphatic rings. The van der Waals surface area contributed by atoms with Gasteiger partial charge in [0.1, 0.15) is 5.01 Å². The second kappa shape index (κ2) is 6.48. The molecular formula is C16H12Cl2N2S. The summed E-state index contributed by atoms with van der Waals surface area (Å²) in [6, 6.07) is 13.9. The lowest BCUT2D eigenvalue weighted by molar-refractivity contribution is 1.15. The topological polar surface area (TPSA) is 24.9 Å². The van der Waals surface area contributed by atoms with Gasteiger partial charge in [-0.25, -0.2) is 4.98 Å². The summed E-state index contributed by atoms with van der Waals surface area (Å²) in [6.07, 6.45) is 1.82. The van der Waals surface area contributed by atoms with Gasteiger partial charge >= 0.3 is 0 Å². The second-order valence-electron chi connectivity index (χ2n) is 4.52. The van der Waals surface area contributed by atoms with E-state index in [1.54, 1.807) is 11.3 Å². The summed E-state index contributed by atoms with van der Waals surface area (Å²) in [4.78, 5) is 4.30. The summed E-state index contributed by atoms with van der Waals surface area (Å²) in [6.45, 7) is 0.702. The molecular weight excluding hydrogens is 323 g/mol. The van der Waals surface area contributed by atoms with Gasteiger partial charge in [-0.1, -0.05) is 29.3 Å². The van der Waals surface area contributed by atoms with E-state index in [0.717, 1.165) is 21.8 Å². The molecule has 0 fully saturated rings. The Morgan fingerprint density at radius 1 is 1.00 bits per heavy atom. The number of hydrogen-bond acceptors (Lipinski definition) is 3. The van der Waals surface area contributed by atoms with Gasteiger partial charge in [0.25, 0.3) is 0 Å². The summed E-state index contributed by atoms with van der Waals surface area (Å²) in [5.41, 5.74) is 3.28. The zero-order valence-electron chi connectivity index (χ0n) is 11.0. The molecule has 1 heterocycles. The molecule has 0 aliphatic carbocycles. The number of thiazole rings is 1. The molecule has 0 aliphatic heterocycles. The normalized spacial score (nSPS) is 10.6. The molecule has 106 valence electrons. The third-order valence-corrected chi connectivity index (χ3v) is 4.61. The molecule has 0 atom stereocenters. The van der Waals surface area contributed by atoms with Gasteiger partial charge in [-0.15, -0.1) is 11.3 Å². The van der Waals surface area contributed by atoms with Crippen molar-refractivity contribution in [2.24, 2.45) is 0 Å². The highest BCUT2D eigenvalue weighted by molar-refractivity contribution is 7.13. The van der Waals surface area contributed by atoms with Crippen molar-refractivity contribution in [3.63, 3.8) is 0 Å². The summed E-state index contributed by atoms with van der Waals surface area (Å²) < 4.78 is 0. The van der Waals surface area contributed by atoms with Gasteiger partial charge in [0.05, 0.1) is 10.0 Å². The second-order valence-corrected chi connectivity index (χ2v) is 6.23. The molecule has 3 rings (SSSR count). The zero-order chi connectivity index (χ0) is 14.7. The molecule has 3 aromatic rings. The Bertz CT molecular complexity index is 725. The summed E-state index contributed by atoms with van der Waals surface area (Å²) in [5, 5.41) is 7.53. The average molecular weight is 335 g/mol. The van der Waals surface area contributed by atoms with Crippen LogP contribution >= 0.6 is 34.5 Å². The highest BCUT2D eigenvalue weighted by Gasteiger charge is 2.02. The maximum absolute atomic E-state index is 6.01. The van der Waals surface area contributed by atoms with Crippen molar-refractivity contribution in [3.8, 4) is 10.6 Å². The van der Waals surface area contributed by atoms with Crippen LogP contribution in [-0.4, -0.2) is 4.98 Å². The molecule has 1 aromatic heterocycles. The molecule has 0 radical (unpaired) electrons. The van der Waals surface area contributed by atoms with Crippen molar-refractivity contribution < 1.29 is 0 Å². The largest absolute Gasteiger partial charge is 0.381 e. The molecule has 1 N–H and O–H groups in total. The first-order chi connectivity index (χ1) is 10.2. The number of halogens is 2. The van der Waals surface area contributed by atoms with Crippen LogP contribution in [0.2, 0.25) is 10.0 Å². The molecule has 0 spiro atoms. The minimum Gasteiger partial charge on any atom is -0.381 e. The molecule has 0 amide bonds. The van der Waals surface area contributed by atoms with Gasteiger partial charge in [0, 0.05) is 29.4 Å². The van der Waals surface area contributed by atoms with Gasteiger partial charge < -0.3 is 5.32 Å². The van der Waals surface area contributed by atoms with Crippen molar-refractivity contribution >= 4 is 40.2 Å². The number of aromatic nitrogens is 1. The summed E-state index contributed by atoms with van der Waals surface area (Å²) in [7, 11) is 0. The Kier molecular flexibility index (Phi) is 4.44. The van der Waals surface area contributed by atoms with Crippen molar-refractivity contribution in [2.45, 2.75) is 6.54 Å². The van der Waals surface area contributed by atoms with Crippen LogP contribution in [0.25, 0.3) is 10.6 Å². The smallest absolute Gasteiger partial charge is 0.123 e. The van der Waals surface area contributed by atoms with Crippen molar-refractivity contribution in [2.75, 3.05) is 5.32 Å². The Hall–Kier alpha value is -1.55. The van der Waals surface area contributed by atoms with Crippen LogP contribution in [0.5, 0.6) is 0 Å². The Morgan fingerprint density at radius 3 is 2.48 bits per heavy atom. The van der Waals surface area contributed by atoms with Crippen LogP contribution in [0.1, 0.15) is 5.56 Å². The SMILES string of the molecule is Clc1ccc(CNc2ccc(-c3nccs3)cc2)cc1Cl. The molecule has 2 nitrogen and oxygen atoms in total. The lowest BCUT2D eigenvalue weighted by Crippen LogP contribution is -1.99. The fourth-order valence-electron chi connectivity index (χ4n) is 1.95. The van der Waals surface area contributed by atoms with E-state index in [4.69, 9.17) is 23.2 Å². The first kappa shape index (κ1) is 14.4. The standard InChI is InChI=1S/C16H12Cl2N2S/c17-14-6-1-11(9-15(14)18)10-20-13-4-2-12(3-5-13)16-19-7-8-21-16/h1-9,20H,10H2.